The van der Waals surface area contributed by atoms with Crippen LogP contribution in [0.1, 0.15) is 37.7 Å². The van der Waals surface area contributed by atoms with E-state index in [0.717, 1.165) is 31.2 Å². The van der Waals surface area contributed by atoms with Crippen molar-refractivity contribution in [2.75, 3.05) is 29.9 Å². The highest BCUT2D eigenvalue weighted by Gasteiger charge is 2.27. The van der Waals surface area contributed by atoms with Crippen LogP contribution >= 0.6 is 0 Å². The molecule has 0 saturated carbocycles. The summed E-state index contributed by atoms with van der Waals surface area (Å²) >= 11 is 0. The average Bonchev–Trinajstić information content (AvgIpc) is 3.07. The number of nitrogens with one attached hydrogen (secondary N) is 1. The zero-order valence-corrected chi connectivity index (χ0v) is 18.1. The summed E-state index contributed by atoms with van der Waals surface area (Å²) in [5.41, 5.74) is 2.04. The molecule has 4 rings (SSSR count). The van der Waals surface area contributed by atoms with Gasteiger partial charge in [0.05, 0.1) is 22.5 Å². The third-order valence-electron chi connectivity index (χ3n) is 5.72. The summed E-state index contributed by atoms with van der Waals surface area (Å²) < 4.78 is 27.4. The van der Waals surface area contributed by atoms with Gasteiger partial charge in [-0.25, -0.2) is 8.42 Å². The van der Waals surface area contributed by atoms with Crippen molar-refractivity contribution in [3.8, 4) is 0 Å². The molecule has 2 aliphatic heterocycles. The van der Waals surface area contributed by atoms with Gasteiger partial charge in [-0.05, 0) is 43.0 Å². The minimum absolute atomic E-state index is 0.0249. The average molecular weight is 443 g/mol. The number of fused-ring (bicyclic) bond motifs is 1. The number of pyridine rings is 1. The van der Waals surface area contributed by atoms with Crippen molar-refractivity contribution in [3.63, 3.8) is 0 Å². The number of rotatable bonds is 5. The SMILES string of the molecule is O=C1CN(C(=O)CCc2ccc(S(=O)(=O)N3CCCCCC3)cc2)c2ccncc2N1. The lowest BCUT2D eigenvalue weighted by atomic mass is 10.1. The third kappa shape index (κ3) is 4.77. The predicted molar refractivity (Wildman–Crippen MR) is 117 cm³/mol. The number of hydrogen-bond acceptors (Lipinski definition) is 5. The number of sulfonamides is 1. The Kier molecular flexibility index (Phi) is 6.33. The van der Waals surface area contributed by atoms with E-state index in [0.29, 0.717) is 35.8 Å². The fraction of sp³-hybridized carbons (Fsp3) is 0.409. The molecular weight excluding hydrogens is 416 g/mol. The van der Waals surface area contributed by atoms with Crippen molar-refractivity contribution in [1.82, 2.24) is 9.29 Å². The van der Waals surface area contributed by atoms with E-state index in [1.54, 1.807) is 40.8 Å². The molecule has 0 aliphatic carbocycles. The van der Waals surface area contributed by atoms with E-state index in [1.165, 1.54) is 11.1 Å². The van der Waals surface area contributed by atoms with Crippen molar-refractivity contribution in [2.24, 2.45) is 0 Å². The van der Waals surface area contributed by atoms with E-state index >= 15 is 0 Å². The van der Waals surface area contributed by atoms with Gasteiger partial charge in [-0.2, -0.15) is 4.31 Å². The van der Waals surface area contributed by atoms with Gasteiger partial charge in [-0.15, -0.1) is 0 Å². The van der Waals surface area contributed by atoms with E-state index in [4.69, 9.17) is 0 Å². The first-order chi connectivity index (χ1) is 14.9. The molecule has 8 nitrogen and oxygen atoms in total. The summed E-state index contributed by atoms with van der Waals surface area (Å²) in [7, 11) is -3.48. The van der Waals surface area contributed by atoms with Crippen LogP contribution < -0.4 is 10.2 Å². The Morgan fingerprint density at radius 1 is 1.03 bits per heavy atom. The molecule has 1 N–H and O–H groups in total. The van der Waals surface area contributed by atoms with Crippen LogP contribution in [0.2, 0.25) is 0 Å². The van der Waals surface area contributed by atoms with Gasteiger partial charge in [0, 0.05) is 25.7 Å². The molecule has 2 amide bonds. The minimum Gasteiger partial charge on any atom is -0.321 e. The number of anilines is 2. The zero-order valence-electron chi connectivity index (χ0n) is 17.3. The molecule has 1 saturated heterocycles. The summed E-state index contributed by atoms with van der Waals surface area (Å²) in [4.78, 5) is 30.4. The molecule has 164 valence electrons. The van der Waals surface area contributed by atoms with Crippen molar-refractivity contribution in [2.45, 2.75) is 43.4 Å². The molecule has 1 aromatic heterocycles. The molecule has 0 bridgehead atoms. The third-order valence-corrected chi connectivity index (χ3v) is 7.63. The number of amides is 2. The second kappa shape index (κ2) is 9.15. The molecule has 0 spiro atoms. The zero-order chi connectivity index (χ0) is 21.8. The maximum absolute atomic E-state index is 12.9. The summed E-state index contributed by atoms with van der Waals surface area (Å²) in [6, 6.07) is 8.47. The lowest BCUT2D eigenvalue weighted by molar-refractivity contribution is -0.121. The minimum atomic E-state index is -3.48. The maximum Gasteiger partial charge on any atom is 0.244 e. The highest BCUT2D eigenvalue weighted by molar-refractivity contribution is 7.89. The molecule has 1 aromatic carbocycles. The molecule has 9 heteroatoms. The Hall–Kier alpha value is -2.78. The first-order valence-corrected chi connectivity index (χ1v) is 12.0. The Labute approximate surface area is 182 Å². The molecule has 2 aromatic rings. The van der Waals surface area contributed by atoms with Gasteiger partial charge < -0.3 is 10.2 Å². The molecule has 3 heterocycles. The molecule has 0 atom stereocenters. The largest absolute Gasteiger partial charge is 0.321 e. The predicted octanol–water partition coefficient (Wildman–Crippen LogP) is 2.56. The Balaban J connectivity index is 1.41. The van der Waals surface area contributed by atoms with Crippen molar-refractivity contribution < 1.29 is 18.0 Å². The molecule has 0 unspecified atom stereocenters. The lowest BCUT2D eigenvalue weighted by Crippen LogP contribution is -2.42. The van der Waals surface area contributed by atoms with Crippen LogP contribution in [-0.4, -0.2) is 49.2 Å². The second-order valence-corrected chi connectivity index (χ2v) is 9.82. The molecule has 31 heavy (non-hydrogen) atoms. The number of nitrogens with zero attached hydrogens (tertiary/aromatic N) is 3. The second-order valence-electron chi connectivity index (χ2n) is 7.88. The topological polar surface area (TPSA) is 99.7 Å². The quantitative estimate of drug-likeness (QED) is 0.767. The van der Waals surface area contributed by atoms with Crippen LogP contribution in [0.3, 0.4) is 0 Å². The van der Waals surface area contributed by atoms with Gasteiger partial charge in [0.2, 0.25) is 21.8 Å². The molecule has 2 aliphatic rings. The Morgan fingerprint density at radius 2 is 1.74 bits per heavy atom. The van der Waals surface area contributed by atoms with Crippen LogP contribution in [0.4, 0.5) is 11.4 Å². The van der Waals surface area contributed by atoms with E-state index < -0.39 is 10.0 Å². The van der Waals surface area contributed by atoms with Crippen LogP contribution in [0.5, 0.6) is 0 Å². The van der Waals surface area contributed by atoms with Gasteiger partial charge in [-0.1, -0.05) is 25.0 Å². The Bertz CT molecular complexity index is 1060. The van der Waals surface area contributed by atoms with Gasteiger partial charge in [0.15, 0.2) is 0 Å². The number of carbonyl (C=O) groups excluding carboxylic acids is 2. The van der Waals surface area contributed by atoms with Crippen LogP contribution in [0.15, 0.2) is 47.6 Å². The van der Waals surface area contributed by atoms with Crippen molar-refractivity contribution >= 4 is 33.2 Å². The van der Waals surface area contributed by atoms with Gasteiger partial charge in [-0.3, -0.25) is 14.6 Å². The first kappa shape index (κ1) is 21.5. The van der Waals surface area contributed by atoms with E-state index in [9.17, 15) is 18.0 Å². The van der Waals surface area contributed by atoms with Gasteiger partial charge >= 0.3 is 0 Å². The smallest absolute Gasteiger partial charge is 0.244 e. The molecule has 1 fully saturated rings. The van der Waals surface area contributed by atoms with Crippen molar-refractivity contribution in [1.29, 1.82) is 0 Å². The van der Waals surface area contributed by atoms with Crippen LogP contribution in [0, 0.1) is 0 Å². The fourth-order valence-electron chi connectivity index (χ4n) is 4.01. The van der Waals surface area contributed by atoms with E-state index in [2.05, 4.69) is 10.3 Å². The number of benzene rings is 1. The summed E-state index contributed by atoms with van der Waals surface area (Å²) in [6.45, 7) is 1.11. The fourth-order valence-corrected chi connectivity index (χ4v) is 5.52. The van der Waals surface area contributed by atoms with Gasteiger partial charge in [0.25, 0.3) is 0 Å². The van der Waals surface area contributed by atoms with Crippen LogP contribution in [-0.2, 0) is 26.0 Å². The normalized spacial score (nSPS) is 17.5. The summed E-state index contributed by atoms with van der Waals surface area (Å²) in [5, 5.41) is 2.71. The van der Waals surface area contributed by atoms with E-state index in [-0.39, 0.29) is 24.8 Å². The number of aromatic nitrogens is 1. The number of aryl methyl sites for hydroxylation is 1. The molecule has 0 radical (unpaired) electrons. The first-order valence-electron chi connectivity index (χ1n) is 10.6. The number of hydrogen-bond donors (Lipinski definition) is 1. The monoisotopic (exact) mass is 442 g/mol. The van der Waals surface area contributed by atoms with E-state index in [1.807, 2.05) is 0 Å². The van der Waals surface area contributed by atoms with Gasteiger partial charge in [0.1, 0.15) is 6.54 Å². The Morgan fingerprint density at radius 3 is 2.45 bits per heavy atom. The maximum atomic E-state index is 12.9. The number of carbonyl (C=O) groups is 2. The lowest BCUT2D eigenvalue weighted by Gasteiger charge is -2.28. The summed E-state index contributed by atoms with van der Waals surface area (Å²) in [6.07, 6.45) is 7.71. The van der Waals surface area contributed by atoms with Crippen molar-refractivity contribution in [3.05, 3.63) is 48.3 Å². The molecular formula is C22H26N4O4S. The van der Waals surface area contributed by atoms with Crippen LogP contribution in [0.25, 0.3) is 0 Å². The summed E-state index contributed by atoms with van der Waals surface area (Å²) in [5.74, 6) is -0.416. The standard InChI is InChI=1S/C22H26N4O4S/c27-21-16-26(20-11-12-23-15-19(20)24-21)22(28)10-7-17-5-8-18(9-6-17)31(29,30)25-13-3-1-2-4-14-25/h5-6,8-9,11-12,15H,1-4,7,10,13-14,16H2,(H,24,27). The highest BCUT2D eigenvalue weighted by Crippen LogP contribution is 2.28. The highest BCUT2D eigenvalue weighted by atomic mass is 32.2.